The molecule has 0 radical (unpaired) electrons. The first kappa shape index (κ1) is 13.8. The van der Waals surface area contributed by atoms with Crippen LogP contribution in [0.3, 0.4) is 0 Å². The second-order valence-corrected chi connectivity index (χ2v) is 6.12. The number of hydrogen-bond acceptors (Lipinski definition) is 3. The second kappa shape index (κ2) is 6.08. The lowest BCUT2D eigenvalue weighted by Crippen LogP contribution is -2.31. The van der Waals surface area contributed by atoms with Gasteiger partial charge in [-0.05, 0) is 37.1 Å². The van der Waals surface area contributed by atoms with Crippen molar-refractivity contribution in [3.8, 4) is 11.3 Å². The third kappa shape index (κ3) is 2.95. The molecule has 0 amide bonds. The Hall–Kier alpha value is -1.17. The zero-order valence-corrected chi connectivity index (χ0v) is 12.8. The van der Waals surface area contributed by atoms with Gasteiger partial charge in [-0.25, -0.2) is 4.98 Å². The summed E-state index contributed by atoms with van der Waals surface area (Å²) in [6, 6.07) is 8.47. The summed E-state index contributed by atoms with van der Waals surface area (Å²) in [6.45, 7) is 2.06. The smallest absolute Gasteiger partial charge is 0.120 e. The molecule has 2 heterocycles. The zero-order chi connectivity index (χ0) is 13.9. The molecule has 1 fully saturated rings. The van der Waals surface area contributed by atoms with E-state index in [4.69, 9.17) is 0 Å². The van der Waals surface area contributed by atoms with Gasteiger partial charge in [-0.15, -0.1) is 0 Å². The maximum Gasteiger partial charge on any atom is 0.120 e. The van der Waals surface area contributed by atoms with E-state index in [9.17, 15) is 5.11 Å². The summed E-state index contributed by atoms with van der Waals surface area (Å²) >= 11 is 3.44. The number of hydrogen-bond donors (Lipinski definition) is 2. The Kier molecular flexibility index (Phi) is 4.19. The predicted molar refractivity (Wildman–Crippen MR) is 82.2 cm³/mol. The van der Waals surface area contributed by atoms with Crippen LogP contribution in [0, 0.1) is 0 Å². The first-order valence-corrected chi connectivity index (χ1v) is 7.70. The minimum Gasteiger partial charge on any atom is -0.395 e. The largest absolute Gasteiger partial charge is 0.395 e. The molecule has 2 N–H and O–H groups in total. The lowest BCUT2D eigenvalue weighted by Gasteiger charge is -2.21. The minimum atomic E-state index is 0.236. The molecule has 5 heteroatoms. The summed E-state index contributed by atoms with van der Waals surface area (Å²) in [5, 5.41) is 9.35. The molecule has 1 aliphatic rings. The Morgan fingerprint density at radius 1 is 1.35 bits per heavy atom. The van der Waals surface area contributed by atoms with E-state index in [0.717, 1.165) is 47.5 Å². The third-order valence-corrected chi connectivity index (χ3v) is 4.38. The minimum absolute atomic E-state index is 0.236. The van der Waals surface area contributed by atoms with Gasteiger partial charge in [0.2, 0.25) is 0 Å². The summed E-state index contributed by atoms with van der Waals surface area (Å²) in [4.78, 5) is 10.1. The molecule has 0 unspecified atom stereocenters. The normalized spacial score (nSPS) is 19.6. The fourth-order valence-electron chi connectivity index (χ4n) is 2.72. The number of halogens is 1. The summed E-state index contributed by atoms with van der Waals surface area (Å²) < 4.78 is 1.07. The monoisotopic (exact) mass is 335 g/mol. The molecule has 0 spiro atoms. The number of imidazole rings is 1. The molecule has 1 aromatic heterocycles. The van der Waals surface area contributed by atoms with Crippen molar-refractivity contribution >= 4 is 15.9 Å². The first-order valence-electron chi connectivity index (χ1n) is 6.91. The SMILES string of the molecule is OC[C@@H]1CCCN1Cc1ncc(-c2ccc(Br)cc2)[nH]1. The number of aliphatic hydroxyl groups is 1. The number of aromatic nitrogens is 2. The Bertz CT molecular complexity index is 567. The highest BCUT2D eigenvalue weighted by atomic mass is 79.9. The van der Waals surface area contributed by atoms with Crippen molar-refractivity contribution in [2.75, 3.05) is 13.2 Å². The van der Waals surface area contributed by atoms with E-state index < -0.39 is 0 Å². The summed E-state index contributed by atoms with van der Waals surface area (Å²) in [5.74, 6) is 0.961. The van der Waals surface area contributed by atoms with Crippen LogP contribution in [-0.2, 0) is 6.54 Å². The molecule has 0 bridgehead atoms. The number of nitrogens with zero attached hydrogens (tertiary/aromatic N) is 2. The van der Waals surface area contributed by atoms with Crippen molar-refractivity contribution in [3.63, 3.8) is 0 Å². The maximum absolute atomic E-state index is 9.35. The molecule has 3 rings (SSSR count). The number of likely N-dealkylation sites (tertiary alicyclic amines) is 1. The molecule has 0 saturated carbocycles. The van der Waals surface area contributed by atoms with Crippen LogP contribution in [0.15, 0.2) is 34.9 Å². The van der Waals surface area contributed by atoms with Crippen LogP contribution in [0.4, 0.5) is 0 Å². The van der Waals surface area contributed by atoms with Crippen molar-refractivity contribution in [3.05, 3.63) is 40.8 Å². The summed E-state index contributed by atoms with van der Waals surface area (Å²) in [5.41, 5.74) is 2.17. The maximum atomic E-state index is 9.35. The molecule has 1 saturated heterocycles. The van der Waals surface area contributed by atoms with Crippen molar-refractivity contribution in [2.45, 2.75) is 25.4 Å². The number of aliphatic hydroxyl groups excluding tert-OH is 1. The third-order valence-electron chi connectivity index (χ3n) is 3.85. The van der Waals surface area contributed by atoms with Gasteiger partial charge in [0, 0.05) is 10.5 Å². The summed E-state index contributed by atoms with van der Waals surface area (Å²) in [6.07, 6.45) is 4.12. The fraction of sp³-hybridized carbons (Fsp3) is 0.400. The van der Waals surface area contributed by atoms with Crippen LogP contribution in [-0.4, -0.2) is 39.2 Å². The van der Waals surface area contributed by atoms with Gasteiger partial charge in [0.05, 0.1) is 25.0 Å². The molecule has 1 aliphatic heterocycles. The standard InChI is InChI=1S/C15H18BrN3O/c16-12-5-3-11(4-6-12)14-8-17-15(18-14)9-19-7-1-2-13(19)10-20/h3-6,8,13,20H,1-2,7,9-10H2,(H,17,18)/t13-/m0/s1. The van der Waals surface area contributed by atoms with Crippen LogP contribution in [0.25, 0.3) is 11.3 Å². The molecule has 0 aliphatic carbocycles. The van der Waals surface area contributed by atoms with Gasteiger partial charge < -0.3 is 10.1 Å². The van der Waals surface area contributed by atoms with Crippen LogP contribution >= 0.6 is 15.9 Å². The Balaban J connectivity index is 1.72. The van der Waals surface area contributed by atoms with Gasteiger partial charge in [-0.2, -0.15) is 0 Å². The van der Waals surface area contributed by atoms with E-state index in [1.165, 1.54) is 0 Å². The van der Waals surface area contributed by atoms with E-state index in [1.54, 1.807) is 0 Å². The van der Waals surface area contributed by atoms with E-state index >= 15 is 0 Å². The topological polar surface area (TPSA) is 52.1 Å². The molecule has 4 nitrogen and oxygen atoms in total. The average Bonchev–Trinajstić information content (AvgIpc) is 3.09. The zero-order valence-electron chi connectivity index (χ0n) is 11.2. The van der Waals surface area contributed by atoms with E-state index in [2.05, 4.69) is 42.9 Å². The number of rotatable bonds is 4. The molecule has 1 atom stereocenters. The van der Waals surface area contributed by atoms with Gasteiger partial charge in [-0.3, -0.25) is 4.90 Å². The quantitative estimate of drug-likeness (QED) is 0.903. The van der Waals surface area contributed by atoms with Crippen molar-refractivity contribution < 1.29 is 5.11 Å². The molecule has 2 aromatic rings. The first-order chi connectivity index (χ1) is 9.76. The molecule has 1 aromatic carbocycles. The predicted octanol–water partition coefficient (Wildman–Crippen LogP) is 2.80. The Morgan fingerprint density at radius 3 is 2.90 bits per heavy atom. The van der Waals surface area contributed by atoms with Gasteiger partial charge in [0.25, 0.3) is 0 Å². The fourth-order valence-corrected chi connectivity index (χ4v) is 2.99. The Labute approximate surface area is 127 Å². The number of aromatic amines is 1. The van der Waals surface area contributed by atoms with Gasteiger partial charge in [0.15, 0.2) is 0 Å². The van der Waals surface area contributed by atoms with Gasteiger partial charge >= 0.3 is 0 Å². The van der Waals surface area contributed by atoms with Crippen LogP contribution < -0.4 is 0 Å². The second-order valence-electron chi connectivity index (χ2n) is 5.20. The molecule has 106 valence electrons. The molecular weight excluding hydrogens is 318 g/mol. The van der Waals surface area contributed by atoms with E-state index in [0.29, 0.717) is 0 Å². The molecule has 20 heavy (non-hydrogen) atoms. The highest BCUT2D eigenvalue weighted by Crippen LogP contribution is 2.22. The summed E-state index contributed by atoms with van der Waals surface area (Å²) in [7, 11) is 0. The highest BCUT2D eigenvalue weighted by molar-refractivity contribution is 9.10. The number of benzene rings is 1. The van der Waals surface area contributed by atoms with Crippen LogP contribution in [0.1, 0.15) is 18.7 Å². The Morgan fingerprint density at radius 2 is 2.15 bits per heavy atom. The lowest BCUT2D eigenvalue weighted by atomic mass is 10.2. The molecular formula is C15H18BrN3O. The van der Waals surface area contributed by atoms with Crippen LogP contribution in [0.2, 0.25) is 0 Å². The highest BCUT2D eigenvalue weighted by Gasteiger charge is 2.24. The van der Waals surface area contributed by atoms with E-state index in [-0.39, 0.29) is 12.6 Å². The number of nitrogens with one attached hydrogen (secondary N) is 1. The van der Waals surface area contributed by atoms with Crippen molar-refractivity contribution in [2.24, 2.45) is 0 Å². The number of H-pyrrole nitrogens is 1. The van der Waals surface area contributed by atoms with Gasteiger partial charge in [0.1, 0.15) is 5.82 Å². The van der Waals surface area contributed by atoms with Crippen molar-refractivity contribution in [1.29, 1.82) is 0 Å². The van der Waals surface area contributed by atoms with Crippen LogP contribution in [0.5, 0.6) is 0 Å². The van der Waals surface area contributed by atoms with Gasteiger partial charge in [-0.1, -0.05) is 28.1 Å². The lowest BCUT2D eigenvalue weighted by molar-refractivity contribution is 0.151. The average molecular weight is 336 g/mol. The van der Waals surface area contributed by atoms with Crippen molar-refractivity contribution in [1.82, 2.24) is 14.9 Å². The van der Waals surface area contributed by atoms with E-state index in [1.807, 2.05) is 18.3 Å².